The lowest BCUT2D eigenvalue weighted by Crippen LogP contribution is -2.45. The van der Waals surface area contributed by atoms with Crippen LogP contribution in [0.3, 0.4) is 0 Å². The molecule has 1 aromatic carbocycles. The number of hydrogen-bond acceptors (Lipinski definition) is 4. The van der Waals surface area contributed by atoms with Gasteiger partial charge in [-0.2, -0.15) is 5.26 Å². The van der Waals surface area contributed by atoms with Crippen LogP contribution in [0.25, 0.3) is 0 Å². The minimum Gasteiger partial charge on any atom is -0.353 e. The first-order valence-corrected chi connectivity index (χ1v) is 7.83. The molecule has 1 N–H and O–H groups in total. The fourth-order valence-electron chi connectivity index (χ4n) is 2.27. The number of likely N-dealkylation sites (tertiary alicyclic amines) is 1. The quantitative estimate of drug-likeness (QED) is 0.664. The van der Waals surface area contributed by atoms with Gasteiger partial charge in [0, 0.05) is 24.0 Å². The van der Waals surface area contributed by atoms with Gasteiger partial charge >= 0.3 is 0 Å². The van der Waals surface area contributed by atoms with E-state index in [0.29, 0.717) is 12.3 Å². The van der Waals surface area contributed by atoms with E-state index in [1.54, 1.807) is 11.8 Å². The fourth-order valence-corrected chi connectivity index (χ4v) is 3.00. The molecule has 1 aliphatic rings. The highest BCUT2D eigenvalue weighted by Gasteiger charge is 2.20. The average molecular weight is 289 g/mol. The lowest BCUT2D eigenvalue weighted by Gasteiger charge is -2.30. The van der Waals surface area contributed by atoms with E-state index in [0.717, 1.165) is 30.8 Å². The van der Waals surface area contributed by atoms with Crippen molar-refractivity contribution in [2.75, 3.05) is 25.4 Å². The molecule has 1 saturated heterocycles. The second kappa shape index (κ2) is 7.93. The van der Waals surface area contributed by atoms with Crippen molar-refractivity contribution in [3.63, 3.8) is 0 Å². The summed E-state index contributed by atoms with van der Waals surface area (Å²) < 4.78 is 0. The van der Waals surface area contributed by atoms with Crippen LogP contribution in [0.4, 0.5) is 0 Å². The molecule has 0 unspecified atom stereocenters. The fraction of sp³-hybridized carbons (Fsp3) is 0.467. The number of hydrogen-bond donors (Lipinski definition) is 1. The van der Waals surface area contributed by atoms with Crippen LogP contribution >= 0.6 is 11.8 Å². The SMILES string of the molecule is N#CCN1CCC(NC(=O)CSc2ccccc2)CC1. The summed E-state index contributed by atoms with van der Waals surface area (Å²) >= 11 is 1.56. The average Bonchev–Trinajstić information content (AvgIpc) is 2.49. The Morgan fingerprint density at radius 1 is 1.35 bits per heavy atom. The monoisotopic (exact) mass is 289 g/mol. The highest BCUT2D eigenvalue weighted by Crippen LogP contribution is 2.17. The smallest absolute Gasteiger partial charge is 0.230 e. The highest BCUT2D eigenvalue weighted by atomic mass is 32.2. The molecule has 5 heteroatoms. The minimum atomic E-state index is 0.0950. The van der Waals surface area contributed by atoms with Crippen molar-refractivity contribution in [1.82, 2.24) is 10.2 Å². The molecule has 0 bridgehead atoms. The van der Waals surface area contributed by atoms with Crippen molar-refractivity contribution in [1.29, 1.82) is 5.26 Å². The number of carbonyl (C=O) groups is 1. The van der Waals surface area contributed by atoms with Crippen LogP contribution in [0.1, 0.15) is 12.8 Å². The largest absolute Gasteiger partial charge is 0.353 e. The Kier molecular flexibility index (Phi) is 5.90. The summed E-state index contributed by atoms with van der Waals surface area (Å²) in [5.74, 6) is 0.556. The van der Waals surface area contributed by atoms with Crippen LogP contribution < -0.4 is 5.32 Å². The topological polar surface area (TPSA) is 56.1 Å². The summed E-state index contributed by atoms with van der Waals surface area (Å²) in [5, 5.41) is 11.7. The number of benzene rings is 1. The standard InChI is InChI=1S/C15H19N3OS/c16-8-11-18-9-6-13(7-10-18)17-15(19)12-20-14-4-2-1-3-5-14/h1-5,13H,6-7,9-12H2,(H,17,19). The summed E-state index contributed by atoms with van der Waals surface area (Å²) in [6.07, 6.45) is 1.87. The summed E-state index contributed by atoms with van der Waals surface area (Å²) in [6, 6.07) is 12.4. The molecule has 4 nitrogen and oxygen atoms in total. The number of thioether (sulfide) groups is 1. The molecule has 106 valence electrons. The molecule has 0 aliphatic carbocycles. The van der Waals surface area contributed by atoms with Crippen LogP contribution in [0.5, 0.6) is 0 Å². The molecule has 1 amide bonds. The molecular weight excluding hydrogens is 270 g/mol. The highest BCUT2D eigenvalue weighted by molar-refractivity contribution is 8.00. The molecule has 20 heavy (non-hydrogen) atoms. The van der Waals surface area contributed by atoms with Gasteiger partial charge in [-0.25, -0.2) is 0 Å². The van der Waals surface area contributed by atoms with Crippen LogP contribution in [-0.2, 0) is 4.79 Å². The van der Waals surface area contributed by atoms with E-state index in [2.05, 4.69) is 16.3 Å². The first-order valence-electron chi connectivity index (χ1n) is 6.84. The zero-order valence-electron chi connectivity index (χ0n) is 11.4. The molecule has 1 aromatic rings. The normalized spacial score (nSPS) is 16.6. The summed E-state index contributed by atoms with van der Waals surface area (Å²) in [5.41, 5.74) is 0. The van der Waals surface area contributed by atoms with E-state index in [-0.39, 0.29) is 11.9 Å². The number of nitriles is 1. The predicted octanol–water partition coefficient (Wildman–Crippen LogP) is 1.88. The van der Waals surface area contributed by atoms with Crippen LogP contribution in [0.2, 0.25) is 0 Å². The third-order valence-electron chi connectivity index (χ3n) is 3.36. The third kappa shape index (κ3) is 4.87. The maximum absolute atomic E-state index is 11.9. The maximum atomic E-state index is 11.9. The second-order valence-electron chi connectivity index (χ2n) is 4.88. The molecule has 0 atom stereocenters. The van der Waals surface area contributed by atoms with Crippen LogP contribution in [0.15, 0.2) is 35.2 Å². The number of carbonyl (C=O) groups excluding carboxylic acids is 1. The van der Waals surface area contributed by atoms with E-state index in [1.807, 2.05) is 30.3 Å². The van der Waals surface area contributed by atoms with Crippen molar-refractivity contribution in [3.05, 3.63) is 30.3 Å². The van der Waals surface area contributed by atoms with E-state index in [9.17, 15) is 4.79 Å². The van der Waals surface area contributed by atoms with Crippen molar-refractivity contribution >= 4 is 17.7 Å². The molecule has 2 rings (SSSR count). The van der Waals surface area contributed by atoms with Gasteiger partial charge in [0.05, 0.1) is 18.4 Å². The van der Waals surface area contributed by atoms with Crippen LogP contribution in [-0.4, -0.2) is 42.2 Å². The second-order valence-corrected chi connectivity index (χ2v) is 5.93. The number of amides is 1. The number of rotatable bonds is 5. The van der Waals surface area contributed by atoms with Gasteiger partial charge in [0.25, 0.3) is 0 Å². The minimum absolute atomic E-state index is 0.0950. The first kappa shape index (κ1) is 14.9. The van der Waals surface area contributed by atoms with E-state index < -0.39 is 0 Å². The van der Waals surface area contributed by atoms with Gasteiger partial charge in [0.2, 0.25) is 5.91 Å². The molecule has 0 radical (unpaired) electrons. The van der Waals surface area contributed by atoms with Gasteiger partial charge in [-0.15, -0.1) is 11.8 Å². The molecule has 0 saturated carbocycles. The zero-order valence-corrected chi connectivity index (χ0v) is 12.2. The Hall–Kier alpha value is -1.51. The number of piperidine rings is 1. The Bertz CT molecular complexity index is 464. The Labute approximate surface area is 124 Å². The Morgan fingerprint density at radius 2 is 2.05 bits per heavy atom. The molecule has 1 heterocycles. The van der Waals surface area contributed by atoms with Gasteiger partial charge < -0.3 is 5.32 Å². The predicted molar refractivity (Wildman–Crippen MR) is 80.4 cm³/mol. The van der Waals surface area contributed by atoms with Gasteiger partial charge in [0.15, 0.2) is 0 Å². The van der Waals surface area contributed by atoms with Gasteiger partial charge in [-0.3, -0.25) is 9.69 Å². The van der Waals surface area contributed by atoms with Gasteiger partial charge in [0.1, 0.15) is 0 Å². The Balaban J connectivity index is 1.67. The molecule has 1 aliphatic heterocycles. The molecule has 1 fully saturated rings. The lowest BCUT2D eigenvalue weighted by molar-refractivity contribution is -0.119. The van der Waals surface area contributed by atoms with E-state index >= 15 is 0 Å². The van der Waals surface area contributed by atoms with Crippen molar-refractivity contribution in [3.8, 4) is 6.07 Å². The van der Waals surface area contributed by atoms with Crippen molar-refractivity contribution < 1.29 is 4.79 Å². The first-order chi connectivity index (χ1) is 9.78. The van der Waals surface area contributed by atoms with Crippen molar-refractivity contribution in [2.24, 2.45) is 0 Å². The summed E-state index contributed by atoms with van der Waals surface area (Å²) in [7, 11) is 0. The van der Waals surface area contributed by atoms with Crippen LogP contribution in [0, 0.1) is 11.3 Å². The van der Waals surface area contributed by atoms with E-state index in [1.165, 1.54) is 0 Å². The van der Waals surface area contributed by atoms with Gasteiger partial charge in [-0.1, -0.05) is 18.2 Å². The third-order valence-corrected chi connectivity index (χ3v) is 4.37. The summed E-state index contributed by atoms with van der Waals surface area (Å²) in [4.78, 5) is 15.1. The molecular formula is C15H19N3OS. The molecule has 0 aromatic heterocycles. The summed E-state index contributed by atoms with van der Waals surface area (Å²) in [6.45, 7) is 2.28. The number of nitrogens with zero attached hydrogens (tertiary/aromatic N) is 2. The molecule has 0 spiro atoms. The zero-order chi connectivity index (χ0) is 14.2. The van der Waals surface area contributed by atoms with E-state index in [4.69, 9.17) is 5.26 Å². The lowest BCUT2D eigenvalue weighted by atomic mass is 10.1. The van der Waals surface area contributed by atoms with Gasteiger partial charge in [-0.05, 0) is 25.0 Å². The Morgan fingerprint density at radius 3 is 2.70 bits per heavy atom. The number of nitrogens with one attached hydrogen (secondary N) is 1. The maximum Gasteiger partial charge on any atom is 0.230 e. The van der Waals surface area contributed by atoms with Crippen molar-refractivity contribution in [2.45, 2.75) is 23.8 Å².